The van der Waals surface area contributed by atoms with Crippen molar-refractivity contribution in [1.82, 2.24) is 0 Å². The lowest BCUT2D eigenvalue weighted by Gasteiger charge is -2.12. The number of benzene rings is 2. The number of methoxy groups -OCH3 is 2. The lowest BCUT2D eigenvalue weighted by Crippen LogP contribution is -2.13. The van der Waals surface area contributed by atoms with Gasteiger partial charge < -0.3 is 19.2 Å². The lowest BCUT2D eigenvalue weighted by atomic mass is 10.1. The molecule has 2 N–H and O–H groups in total. The van der Waals surface area contributed by atoms with Crippen LogP contribution < -0.4 is 19.5 Å². The predicted octanol–water partition coefficient (Wildman–Crippen LogP) is 3.38. The molecule has 0 saturated carbocycles. The van der Waals surface area contributed by atoms with Gasteiger partial charge in [-0.15, -0.1) is 0 Å². The number of furan rings is 1. The largest absolute Gasteiger partial charge is 0.497 e. The van der Waals surface area contributed by atoms with Crippen molar-refractivity contribution >= 4 is 38.3 Å². The third kappa shape index (κ3) is 4.04. The number of rotatable bonds is 6. The summed E-state index contributed by atoms with van der Waals surface area (Å²) in [5, 5.41) is 3.52. The second-order valence-corrected chi connectivity index (χ2v) is 7.91. The van der Waals surface area contributed by atoms with Gasteiger partial charge in [0.1, 0.15) is 17.1 Å². The van der Waals surface area contributed by atoms with Gasteiger partial charge in [-0.25, -0.2) is 8.42 Å². The van der Waals surface area contributed by atoms with E-state index in [9.17, 15) is 13.2 Å². The quantitative estimate of drug-likeness (QED) is 0.652. The van der Waals surface area contributed by atoms with Crippen LogP contribution in [0.4, 0.5) is 11.4 Å². The average Bonchev–Trinajstić information content (AvgIpc) is 2.98. The molecule has 0 spiro atoms. The van der Waals surface area contributed by atoms with Gasteiger partial charge in [-0.2, -0.15) is 0 Å². The fraction of sp³-hybridized carbons (Fsp3) is 0.211. The van der Waals surface area contributed by atoms with Crippen LogP contribution in [-0.4, -0.2) is 34.8 Å². The van der Waals surface area contributed by atoms with E-state index in [1.807, 2.05) is 0 Å². The highest BCUT2D eigenvalue weighted by Crippen LogP contribution is 2.31. The first kappa shape index (κ1) is 19.6. The molecule has 3 aromatic rings. The number of carbonyl (C=O) groups is 1. The number of anilines is 2. The van der Waals surface area contributed by atoms with Gasteiger partial charge in [0, 0.05) is 22.7 Å². The zero-order valence-electron chi connectivity index (χ0n) is 15.8. The van der Waals surface area contributed by atoms with Crippen LogP contribution in [0.25, 0.3) is 11.0 Å². The Morgan fingerprint density at radius 1 is 1.07 bits per heavy atom. The summed E-state index contributed by atoms with van der Waals surface area (Å²) in [4.78, 5) is 12.7. The van der Waals surface area contributed by atoms with Gasteiger partial charge in [-0.05, 0) is 37.3 Å². The highest BCUT2D eigenvalue weighted by Gasteiger charge is 2.19. The number of hydrogen-bond acceptors (Lipinski definition) is 6. The molecule has 0 fully saturated rings. The minimum Gasteiger partial charge on any atom is -0.497 e. The number of aryl methyl sites for hydroxylation is 1. The number of carbonyl (C=O) groups excluding carboxylic acids is 1. The molecule has 2 aromatic carbocycles. The van der Waals surface area contributed by atoms with Crippen molar-refractivity contribution in [3.8, 4) is 11.5 Å². The summed E-state index contributed by atoms with van der Waals surface area (Å²) in [5.41, 5.74) is 1.97. The maximum Gasteiger partial charge on any atom is 0.291 e. The van der Waals surface area contributed by atoms with Crippen molar-refractivity contribution in [3.63, 3.8) is 0 Å². The normalized spacial score (nSPS) is 11.3. The molecule has 8 nitrogen and oxygen atoms in total. The molecule has 1 aromatic heterocycles. The van der Waals surface area contributed by atoms with E-state index >= 15 is 0 Å². The number of amides is 1. The van der Waals surface area contributed by atoms with E-state index < -0.39 is 15.9 Å². The number of nitrogens with one attached hydrogen (secondary N) is 2. The van der Waals surface area contributed by atoms with Gasteiger partial charge in [0.15, 0.2) is 5.76 Å². The molecule has 1 heterocycles. The number of sulfonamides is 1. The van der Waals surface area contributed by atoms with E-state index in [0.717, 1.165) is 11.6 Å². The standard InChI is InChI=1S/C19H20N2O6S/c1-11-14-10-13(25-2)6-8-16(14)27-18(11)19(22)20-12-5-7-15(17(9-12)26-3)21-28(4,23)24/h5-10,21H,1-4H3,(H,20,22). The van der Waals surface area contributed by atoms with E-state index in [2.05, 4.69) is 10.0 Å². The van der Waals surface area contributed by atoms with E-state index in [1.54, 1.807) is 38.3 Å². The highest BCUT2D eigenvalue weighted by atomic mass is 32.2. The zero-order valence-corrected chi connectivity index (χ0v) is 16.6. The van der Waals surface area contributed by atoms with Gasteiger partial charge in [0.05, 0.1) is 26.2 Å². The summed E-state index contributed by atoms with van der Waals surface area (Å²) in [6.07, 6.45) is 1.04. The molecule has 0 unspecified atom stereocenters. The Kier molecular flexibility index (Phi) is 5.19. The molecule has 148 valence electrons. The lowest BCUT2D eigenvalue weighted by molar-refractivity contribution is 0.0998. The molecule has 0 saturated heterocycles. The molecular formula is C19H20N2O6S. The molecule has 28 heavy (non-hydrogen) atoms. The summed E-state index contributed by atoms with van der Waals surface area (Å²) in [6.45, 7) is 1.79. The fourth-order valence-corrected chi connectivity index (χ4v) is 3.35. The van der Waals surface area contributed by atoms with Crippen molar-refractivity contribution in [1.29, 1.82) is 0 Å². The van der Waals surface area contributed by atoms with Crippen LogP contribution in [0.5, 0.6) is 11.5 Å². The van der Waals surface area contributed by atoms with Gasteiger partial charge in [0.2, 0.25) is 10.0 Å². The Bertz CT molecular complexity index is 1150. The smallest absolute Gasteiger partial charge is 0.291 e. The van der Waals surface area contributed by atoms with Crippen LogP contribution in [0, 0.1) is 6.92 Å². The van der Waals surface area contributed by atoms with Crippen LogP contribution in [0.2, 0.25) is 0 Å². The first-order valence-corrected chi connectivity index (χ1v) is 10.2. The van der Waals surface area contributed by atoms with Crippen LogP contribution in [0.1, 0.15) is 16.1 Å². The number of fused-ring (bicyclic) bond motifs is 1. The summed E-state index contributed by atoms with van der Waals surface area (Å²) in [7, 11) is -0.480. The summed E-state index contributed by atoms with van der Waals surface area (Å²) >= 11 is 0. The Morgan fingerprint density at radius 2 is 1.82 bits per heavy atom. The van der Waals surface area contributed by atoms with Crippen LogP contribution >= 0.6 is 0 Å². The topological polar surface area (TPSA) is 107 Å². The molecule has 0 aliphatic carbocycles. The minimum absolute atomic E-state index is 0.181. The van der Waals surface area contributed by atoms with Crippen LogP contribution in [0.15, 0.2) is 40.8 Å². The van der Waals surface area contributed by atoms with E-state index in [4.69, 9.17) is 13.9 Å². The fourth-order valence-electron chi connectivity index (χ4n) is 2.78. The Labute approximate surface area is 162 Å². The average molecular weight is 404 g/mol. The molecule has 0 radical (unpaired) electrons. The van der Waals surface area contributed by atoms with E-state index in [-0.39, 0.29) is 17.2 Å². The highest BCUT2D eigenvalue weighted by molar-refractivity contribution is 7.92. The van der Waals surface area contributed by atoms with Gasteiger partial charge in [-0.3, -0.25) is 9.52 Å². The van der Waals surface area contributed by atoms with Gasteiger partial charge in [-0.1, -0.05) is 0 Å². The van der Waals surface area contributed by atoms with Crippen molar-refractivity contribution in [2.45, 2.75) is 6.92 Å². The number of ether oxygens (including phenoxy) is 2. The van der Waals surface area contributed by atoms with Crippen molar-refractivity contribution in [3.05, 3.63) is 47.7 Å². The summed E-state index contributed by atoms with van der Waals surface area (Å²) < 4.78 is 41.3. The van der Waals surface area contributed by atoms with Crippen molar-refractivity contribution in [2.24, 2.45) is 0 Å². The third-order valence-electron chi connectivity index (χ3n) is 4.10. The first-order chi connectivity index (χ1) is 13.2. The summed E-state index contributed by atoms with van der Waals surface area (Å²) in [6, 6.07) is 9.89. The molecular weight excluding hydrogens is 384 g/mol. The minimum atomic E-state index is -3.46. The monoisotopic (exact) mass is 404 g/mol. The van der Waals surface area contributed by atoms with Crippen LogP contribution in [0.3, 0.4) is 0 Å². The number of hydrogen-bond donors (Lipinski definition) is 2. The molecule has 1 amide bonds. The molecule has 3 rings (SSSR count). The second kappa shape index (κ2) is 7.43. The predicted molar refractivity (Wildman–Crippen MR) is 107 cm³/mol. The maximum atomic E-state index is 12.7. The Morgan fingerprint density at radius 3 is 2.46 bits per heavy atom. The van der Waals surface area contributed by atoms with Crippen molar-refractivity contribution < 1.29 is 27.1 Å². The van der Waals surface area contributed by atoms with Crippen molar-refractivity contribution in [2.75, 3.05) is 30.5 Å². The molecule has 0 aliphatic heterocycles. The van der Waals surface area contributed by atoms with E-state index in [1.165, 1.54) is 19.2 Å². The SMILES string of the molecule is COc1ccc2oc(C(=O)Nc3ccc(NS(C)(=O)=O)c(OC)c3)c(C)c2c1. The van der Waals surface area contributed by atoms with E-state index in [0.29, 0.717) is 22.6 Å². The van der Waals surface area contributed by atoms with Gasteiger partial charge >= 0.3 is 0 Å². The maximum absolute atomic E-state index is 12.7. The summed E-state index contributed by atoms with van der Waals surface area (Å²) in [5.74, 6) is 0.690. The first-order valence-electron chi connectivity index (χ1n) is 8.26. The third-order valence-corrected chi connectivity index (χ3v) is 4.70. The molecule has 9 heteroatoms. The van der Waals surface area contributed by atoms with Gasteiger partial charge in [0.25, 0.3) is 5.91 Å². The zero-order chi connectivity index (χ0) is 20.5. The van der Waals surface area contributed by atoms with Crippen LogP contribution in [-0.2, 0) is 10.0 Å². The second-order valence-electron chi connectivity index (χ2n) is 6.16. The molecule has 0 bridgehead atoms. The molecule has 0 aliphatic rings. The Balaban J connectivity index is 1.89. The molecule has 0 atom stereocenters. The Hall–Kier alpha value is -3.20.